The van der Waals surface area contributed by atoms with Gasteiger partial charge in [-0.25, -0.2) is 9.78 Å². The molecule has 1 aliphatic heterocycles. The van der Waals surface area contributed by atoms with E-state index in [-0.39, 0.29) is 12.1 Å². The maximum absolute atomic E-state index is 13.3. The molecular formula is C31H34N2O4. The highest BCUT2D eigenvalue weighted by atomic mass is 16.6. The van der Waals surface area contributed by atoms with Gasteiger partial charge in [0.25, 0.3) is 0 Å². The minimum absolute atomic E-state index is 0.0771. The minimum atomic E-state index is -0.562. The van der Waals surface area contributed by atoms with E-state index in [0.29, 0.717) is 25.6 Å². The second kappa shape index (κ2) is 10.4. The van der Waals surface area contributed by atoms with Gasteiger partial charge in [-0.2, -0.15) is 0 Å². The molecule has 4 aromatic rings. The van der Waals surface area contributed by atoms with Gasteiger partial charge in [-0.1, -0.05) is 42.5 Å². The lowest BCUT2D eigenvalue weighted by Gasteiger charge is -2.35. The summed E-state index contributed by atoms with van der Waals surface area (Å²) in [7, 11) is 1.64. The maximum Gasteiger partial charge on any atom is 0.410 e. The normalized spacial score (nSPS) is 14.6. The highest BCUT2D eigenvalue weighted by Crippen LogP contribution is 2.34. The topological polar surface area (TPSA) is 60.9 Å². The molecule has 0 bridgehead atoms. The first kappa shape index (κ1) is 25.0. The van der Waals surface area contributed by atoms with Crippen LogP contribution in [0.1, 0.15) is 39.2 Å². The van der Waals surface area contributed by atoms with Crippen LogP contribution in [-0.4, -0.2) is 47.9 Å². The molecular weight excluding hydrogens is 464 g/mol. The second-order valence-corrected chi connectivity index (χ2v) is 10.6. The van der Waals surface area contributed by atoms with Crippen LogP contribution in [0.4, 0.5) is 4.79 Å². The molecule has 6 heteroatoms. The van der Waals surface area contributed by atoms with Crippen LogP contribution >= 0.6 is 0 Å². The number of carbonyl (C=O) groups excluding carboxylic acids is 1. The number of aromatic nitrogens is 1. The fourth-order valence-electron chi connectivity index (χ4n) is 4.90. The fraction of sp³-hybridized carbons (Fsp3) is 0.355. The van der Waals surface area contributed by atoms with E-state index in [1.165, 1.54) is 10.8 Å². The summed E-state index contributed by atoms with van der Waals surface area (Å²) in [6.07, 6.45) is 1.31. The number of carbonyl (C=O) groups is 1. The van der Waals surface area contributed by atoms with Gasteiger partial charge in [0.05, 0.1) is 12.6 Å². The Kier molecular flexibility index (Phi) is 7.02. The first-order chi connectivity index (χ1) is 17.8. The molecule has 0 N–H and O–H groups in total. The molecule has 2 heterocycles. The van der Waals surface area contributed by atoms with Crippen LogP contribution in [-0.2, 0) is 16.0 Å². The molecule has 0 spiro atoms. The summed E-state index contributed by atoms with van der Waals surface area (Å²) < 4.78 is 16.9. The smallest absolute Gasteiger partial charge is 0.410 e. The summed E-state index contributed by atoms with van der Waals surface area (Å²) in [6.45, 7) is 7.46. The highest BCUT2D eigenvalue weighted by Gasteiger charge is 2.30. The predicted octanol–water partition coefficient (Wildman–Crippen LogP) is 6.98. The summed E-state index contributed by atoms with van der Waals surface area (Å²) in [5, 5.41) is 3.39. The van der Waals surface area contributed by atoms with Crippen molar-refractivity contribution in [1.29, 1.82) is 0 Å². The molecule has 1 aliphatic rings. The van der Waals surface area contributed by atoms with Gasteiger partial charge >= 0.3 is 6.09 Å². The lowest BCUT2D eigenvalue weighted by atomic mass is 9.97. The van der Waals surface area contributed by atoms with E-state index in [1.807, 2.05) is 49.9 Å². The predicted molar refractivity (Wildman–Crippen MR) is 147 cm³/mol. The molecule has 0 saturated carbocycles. The monoisotopic (exact) mass is 498 g/mol. The summed E-state index contributed by atoms with van der Waals surface area (Å²) >= 11 is 0. The third-order valence-electron chi connectivity index (χ3n) is 6.73. The molecule has 1 saturated heterocycles. The van der Waals surface area contributed by atoms with Crippen molar-refractivity contribution in [3.63, 3.8) is 0 Å². The number of ether oxygens (including phenoxy) is 3. The van der Waals surface area contributed by atoms with Crippen LogP contribution in [0.25, 0.3) is 32.8 Å². The Balaban J connectivity index is 1.55. The standard InChI is InChI=1S/C31H34N2O4/c1-31(2,3)37-30(34)33(25-13-15-36-16-14-25)20-21-9-12-28-27(17-21)26(19-29(32-28)35-4)24-11-10-22-7-5-6-8-23(22)18-24/h5-12,17-19,25H,13-16,20H2,1-4H3. The molecule has 192 valence electrons. The van der Waals surface area contributed by atoms with Crippen molar-refractivity contribution >= 4 is 27.8 Å². The number of benzene rings is 3. The number of hydrogen-bond donors (Lipinski definition) is 0. The Hall–Kier alpha value is -3.64. The average Bonchev–Trinajstić information content (AvgIpc) is 2.90. The number of hydrogen-bond acceptors (Lipinski definition) is 5. The summed E-state index contributed by atoms with van der Waals surface area (Å²) in [5.41, 5.74) is 3.45. The van der Waals surface area contributed by atoms with Gasteiger partial charge in [0.1, 0.15) is 5.60 Å². The van der Waals surface area contributed by atoms with Crippen LogP contribution in [0.15, 0.2) is 66.7 Å². The van der Waals surface area contributed by atoms with E-state index < -0.39 is 5.60 Å². The van der Waals surface area contributed by atoms with Crippen molar-refractivity contribution < 1.29 is 19.0 Å². The number of nitrogens with zero attached hydrogens (tertiary/aromatic N) is 2. The Morgan fingerprint density at radius 3 is 2.49 bits per heavy atom. The molecule has 1 fully saturated rings. The summed E-state index contributed by atoms with van der Waals surface area (Å²) in [4.78, 5) is 19.8. The maximum atomic E-state index is 13.3. The first-order valence-electron chi connectivity index (χ1n) is 12.8. The molecule has 5 rings (SSSR count). The molecule has 3 aromatic carbocycles. The molecule has 0 unspecified atom stereocenters. The lowest BCUT2D eigenvalue weighted by molar-refractivity contribution is -0.00807. The van der Waals surface area contributed by atoms with E-state index in [1.54, 1.807) is 7.11 Å². The van der Waals surface area contributed by atoms with Crippen molar-refractivity contribution in [2.75, 3.05) is 20.3 Å². The van der Waals surface area contributed by atoms with Gasteiger partial charge in [-0.15, -0.1) is 0 Å². The number of rotatable bonds is 5. The minimum Gasteiger partial charge on any atom is -0.481 e. The number of methoxy groups -OCH3 is 1. The first-order valence-corrected chi connectivity index (χ1v) is 12.8. The Bertz CT molecular complexity index is 1420. The SMILES string of the molecule is COc1cc(-c2ccc3ccccc3c2)c2cc(CN(C(=O)OC(C)(C)C)C3CCOCC3)ccc2n1. The van der Waals surface area contributed by atoms with Crippen molar-refractivity contribution in [3.05, 3.63) is 72.3 Å². The number of amides is 1. The quantitative estimate of drug-likeness (QED) is 0.297. The Labute approximate surface area is 218 Å². The molecule has 0 aliphatic carbocycles. The van der Waals surface area contributed by atoms with Gasteiger partial charge < -0.3 is 19.1 Å². The number of fused-ring (bicyclic) bond motifs is 2. The largest absolute Gasteiger partial charge is 0.481 e. The van der Waals surface area contributed by atoms with E-state index in [4.69, 9.17) is 19.2 Å². The average molecular weight is 499 g/mol. The molecule has 0 radical (unpaired) electrons. The van der Waals surface area contributed by atoms with E-state index in [0.717, 1.165) is 40.4 Å². The number of pyridine rings is 1. The van der Waals surface area contributed by atoms with Gasteiger partial charge in [0, 0.05) is 37.3 Å². The van der Waals surface area contributed by atoms with E-state index in [9.17, 15) is 4.79 Å². The van der Waals surface area contributed by atoms with Gasteiger partial charge in [0.2, 0.25) is 5.88 Å². The van der Waals surface area contributed by atoms with Crippen LogP contribution in [0.5, 0.6) is 5.88 Å². The van der Waals surface area contributed by atoms with Crippen molar-refractivity contribution in [2.45, 2.75) is 51.8 Å². The van der Waals surface area contributed by atoms with Crippen molar-refractivity contribution in [1.82, 2.24) is 9.88 Å². The van der Waals surface area contributed by atoms with Gasteiger partial charge in [-0.05, 0) is 79.3 Å². The second-order valence-electron chi connectivity index (χ2n) is 10.6. The van der Waals surface area contributed by atoms with E-state index >= 15 is 0 Å². The van der Waals surface area contributed by atoms with Gasteiger partial charge in [0.15, 0.2) is 0 Å². The zero-order valence-electron chi connectivity index (χ0n) is 22.0. The van der Waals surface area contributed by atoms with Crippen LogP contribution in [0.3, 0.4) is 0 Å². The summed E-state index contributed by atoms with van der Waals surface area (Å²) in [5.74, 6) is 0.570. The van der Waals surface area contributed by atoms with Gasteiger partial charge in [-0.3, -0.25) is 0 Å². The zero-order chi connectivity index (χ0) is 26.0. The molecule has 0 atom stereocenters. The summed E-state index contributed by atoms with van der Waals surface area (Å²) in [6, 6.07) is 23.1. The van der Waals surface area contributed by atoms with Crippen LogP contribution < -0.4 is 4.74 Å². The lowest BCUT2D eigenvalue weighted by Crippen LogP contribution is -2.45. The molecule has 6 nitrogen and oxygen atoms in total. The van der Waals surface area contributed by atoms with Crippen molar-refractivity contribution in [3.8, 4) is 17.0 Å². The van der Waals surface area contributed by atoms with E-state index in [2.05, 4.69) is 42.5 Å². The highest BCUT2D eigenvalue weighted by molar-refractivity contribution is 5.98. The molecule has 1 amide bonds. The van der Waals surface area contributed by atoms with Crippen LogP contribution in [0.2, 0.25) is 0 Å². The third-order valence-corrected chi connectivity index (χ3v) is 6.73. The molecule has 37 heavy (non-hydrogen) atoms. The Morgan fingerprint density at radius 1 is 1.00 bits per heavy atom. The molecule has 1 aromatic heterocycles. The third kappa shape index (κ3) is 5.70. The Morgan fingerprint density at radius 2 is 1.76 bits per heavy atom. The zero-order valence-corrected chi connectivity index (χ0v) is 22.0. The van der Waals surface area contributed by atoms with Crippen LogP contribution in [0, 0.1) is 0 Å². The van der Waals surface area contributed by atoms with Crippen molar-refractivity contribution in [2.24, 2.45) is 0 Å². The fourth-order valence-corrected chi connectivity index (χ4v) is 4.90.